The minimum absolute atomic E-state index is 0.915. The molecule has 0 N–H and O–H groups in total. The van der Waals surface area contributed by atoms with Crippen molar-refractivity contribution in [2.45, 2.75) is 20.8 Å². The van der Waals surface area contributed by atoms with Crippen molar-refractivity contribution < 1.29 is 0 Å². The van der Waals surface area contributed by atoms with E-state index in [1.165, 1.54) is 0 Å². The van der Waals surface area contributed by atoms with Gasteiger partial charge in [-0.2, -0.15) is 0 Å². The third-order valence-corrected chi connectivity index (χ3v) is 0.844. The Hall–Kier alpha value is -1.04. The van der Waals surface area contributed by atoms with Crippen LogP contribution in [0.3, 0.4) is 0 Å². The van der Waals surface area contributed by atoms with Gasteiger partial charge in [0.2, 0.25) is 0 Å². The summed E-state index contributed by atoms with van der Waals surface area (Å²) < 4.78 is 0. The summed E-state index contributed by atoms with van der Waals surface area (Å²) in [6.07, 6.45) is 5.50. The average molecular weight is 150 g/mol. The Kier molecular flexibility index (Phi) is 10.3. The molecule has 0 radical (unpaired) electrons. The van der Waals surface area contributed by atoms with E-state index in [0.29, 0.717) is 0 Å². The van der Waals surface area contributed by atoms with Crippen LogP contribution < -0.4 is 0 Å². The summed E-state index contributed by atoms with van der Waals surface area (Å²) in [6, 6.07) is 0. The van der Waals surface area contributed by atoms with Crippen LogP contribution in [-0.4, -0.2) is 0 Å². The normalized spacial score (nSPS) is 8.27. The zero-order chi connectivity index (χ0) is 9.28. The maximum Gasteiger partial charge on any atom is -0.0335 e. The van der Waals surface area contributed by atoms with Crippen LogP contribution in [0, 0.1) is 0 Å². The van der Waals surface area contributed by atoms with Gasteiger partial charge in [0, 0.05) is 0 Å². The van der Waals surface area contributed by atoms with Gasteiger partial charge in [-0.25, -0.2) is 0 Å². The van der Waals surface area contributed by atoms with Crippen LogP contribution in [0.25, 0.3) is 0 Å². The second-order valence-electron chi connectivity index (χ2n) is 1.96. The zero-order valence-electron chi connectivity index (χ0n) is 7.85. The van der Waals surface area contributed by atoms with Crippen molar-refractivity contribution in [1.82, 2.24) is 0 Å². The summed E-state index contributed by atoms with van der Waals surface area (Å²) in [4.78, 5) is 0. The molecule has 0 saturated carbocycles. The summed E-state index contributed by atoms with van der Waals surface area (Å²) in [5.74, 6) is 0. The Balaban J connectivity index is 0. The molecule has 0 saturated heterocycles. The molecule has 0 bridgehead atoms. The molecule has 0 atom stereocenters. The summed E-state index contributed by atoms with van der Waals surface area (Å²) in [5.41, 5.74) is 1.94. The highest BCUT2D eigenvalue weighted by Gasteiger charge is 1.75. The van der Waals surface area contributed by atoms with E-state index in [1.807, 2.05) is 32.9 Å². The van der Waals surface area contributed by atoms with Crippen LogP contribution in [-0.2, 0) is 0 Å². The Morgan fingerprint density at radius 2 is 1.55 bits per heavy atom. The van der Waals surface area contributed by atoms with Crippen LogP contribution in [0.4, 0.5) is 0 Å². The first-order valence-corrected chi connectivity index (χ1v) is 3.81. The molecule has 0 aliphatic rings. The molecular weight excluding hydrogens is 132 g/mol. The summed E-state index contributed by atoms with van der Waals surface area (Å²) >= 11 is 0. The van der Waals surface area contributed by atoms with E-state index in [1.54, 1.807) is 6.08 Å². The fourth-order valence-electron chi connectivity index (χ4n) is 0.317. The molecule has 0 spiro atoms. The molecule has 0 rings (SSSR count). The summed E-state index contributed by atoms with van der Waals surface area (Å²) in [6.45, 7) is 16.9. The molecule has 0 aliphatic carbocycles. The Morgan fingerprint density at radius 1 is 1.09 bits per heavy atom. The Bertz CT molecular complexity index is 159. The van der Waals surface area contributed by atoms with Crippen LogP contribution in [0.2, 0.25) is 0 Å². The van der Waals surface area contributed by atoms with E-state index >= 15 is 0 Å². The van der Waals surface area contributed by atoms with Gasteiger partial charge >= 0.3 is 0 Å². The van der Waals surface area contributed by atoms with Crippen LogP contribution in [0.5, 0.6) is 0 Å². The maximum absolute atomic E-state index is 3.70. The van der Waals surface area contributed by atoms with Crippen LogP contribution >= 0.6 is 0 Å². The number of hydrogen-bond acceptors (Lipinski definition) is 0. The van der Waals surface area contributed by atoms with Crippen molar-refractivity contribution in [3.63, 3.8) is 0 Å². The van der Waals surface area contributed by atoms with Crippen molar-refractivity contribution in [3.05, 3.63) is 49.1 Å². The number of hydrogen-bond donors (Lipinski definition) is 0. The van der Waals surface area contributed by atoms with Gasteiger partial charge in [0.1, 0.15) is 0 Å². The van der Waals surface area contributed by atoms with Gasteiger partial charge in [-0.15, -0.1) is 0 Å². The van der Waals surface area contributed by atoms with E-state index in [9.17, 15) is 0 Å². The molecule has 0 aromatic carbocycles. The van der Waals surface area contributed by atoms with Gasteiger partial charge in [0.05, 0.1) is 0 Å². The smallest absolute Gasteiger partial charge is 0.0335 e. The molecule has 0 aromatic rings. The average Bonchev–Trinajstić information content (AvgIpc) is 2.04. The summed E-state index contributed by atoms with van der Waals surface area (Å²) in [7, 11) is 0. The standard InChI is InChI=1S/C9H12.C2H6/c1-5-9(4)7-6-8(2)3;1-2/h5-7H,1-2,4H2,3H3;1-2H3/b7-6-;. The molecule has 0 unspecified atom stereocenters. The zero-order valence-corrected chi connectivity index (χ0v) is 7.85. The topological polar surface area (TPSA) is 0 Å². The second-order valence-corrected chi connectivity index (χ2v) is 1.96. The highest BCUT2D eigenvalue weighted by molar-refractivity contribution is 5.29. The van der Waals surface area contributed by atoms with Gasteiger partial charge in [0.25, 0.3) is 0 Å². The molecule has 0 aliphatic heterocycles. The molecule has 0 nitrogen and oxygen atoms in total. The first kappa shape index (κ1) is 12.6. The highest BCUT2D eigenvalue weighted by atomic mass is 13.8. The first-order valence-electron chi connectivity index (χ1n) is 3.81. The third kappa shape index (κ3) is 12.2. The van der Waals surface area contributed by atoms with Crippen molar-refractivity contribution >= 4 is 0 Å². The highest BCUT2D eigenvalue weighted by Crippen LogP contribution is 1.96. The van der Waals surface area contributed by atoms with Crippen LogP contribution in [0.15, 0.2) is 49.1 Å². The van der Waals surface area contributed by atoms with Gasteiger partial charge in [-0.05, 0) is 12.5 Å². The van der Waals surface area contributed by atoms with E-state index in [4.69, 9.17) is 0 Å². The predicted molar refractivity (Wildman–Crippen MR) is 54.6 cm³/mol. The number of rotatable bonds is 3. The number of allylic oxidation sites excluding steroid dienone is 5. The van der Waals surface area contributed by atoms with Crippen molar-refractivity contribution in [3.8, 4) is 0 Å². The molecule has 0 fully saturated rings. The molecular formula is C11H18. The minimum Gasteiger partial charge on any atom is -0.0985 e. The maximum atomic E-state index is 3.70. The van der Waals surface area contributed by atoms with E-state index in [0.717, 1.165) is 11.1 Å². The largest absolute Gasteiger partial charge is 0.0985 e. The molecule has 0 heterocycles. The second kappa shape index (κ2) is 8.96. The Labute approximate surface area is 70.6 Å². The monoisotopic (exact) mass is 150 g/mol. The van der Waals surface area contributed by atoms with Gasteiger partial charge < -0.3 is 0 Å². The lowest BCUT2D eigenvalue weighted by Crippen LogP contribution is -1.65. The van der Waals surface area contributed by atoms with E-state index in [2.05, 4.69) is 19.7 Å². The lowest BCUT2D eigenvalue weighted by molar-refractivity contribution is 1.50. The molecule has 11 heavy (non-hydrogen) atoms. The molecule has 0 heteroatoms. The van der Waals surface area contributed by atoms with Crippen molar-refractivity contribution in [2.24, 2.45) is 0 Å². The van der Waals surface area contributed by atoms with E-state index in [-0.39, 0.29) is 0 Å². The van der Waals surface area contributed by atoms with Gasteiger partial charge in [-0.3, -0.25) is 0 Å². The van der Waals surface area contributed by atoms with Gasteiger partial charge in [-0.1, -0.05) is 57.4 Å². The summed E-state index contributed by atoms with van der Waals surface area (Å²) in [5, 5.41) is 0. The van der Waals surface area contributed by atoms with Crippen molar-refractivity contribution in [2.75, 3.05) is 0 Å². The van der Waals surface area contributed by atoms with Crippen LogP contribution in [0.1, 0.15) is 20.8 Å². The lowest BCUT2D eigenvalue weighted by Gasteiger charge is -1.85. The van der Waals surface area contributed by atoms with E-state index < -0.39 is 0 Å². The quantitative estimate of drug-likeness (QED) is 0.535. The SMILES string of the molecule is C=CC(=C)/C=C\C(=C)C.CC. The molecule has 0 amide bonds. The molecule has 0 aromatic heterocycles. The first-order chi connectivity index (χ1) is 5.16. The lowest BCUT2D eigenvalue weighted by atomic mass is 10.2. The third-order valence-electron chi connectivity index (χ3n) is 0.844. The minimum atomic E-state index is 0.915. The fourth-order valence-corrected chi connectivity index (χ4v) is 0.317. The Morgan fingerprint density at radius 3 is 1.82 bits per heavy atom. The predicted octanol–water partition coefficient (Wildman–Crippen LogP) is 3.89. The van der Waals surface area contributed by atoms with Gasteiger partial charge in [0.15, 0.2) is 0 Å². The molecule has 62 valence electrons. The fraction of sp³-hybridized carbons (Fsp3) is 0.273. The van der Waals surface area contributed by atoms with Crippen molar-refractivity contribution in [1.29, 1.82) is 0 Å².